The summed E-state index contributed by atoms with van der Waals surface area (Å²) < 4.78 is 0. The number of anilines is 2. The molecule has 0 unspecified atom stereocenters. The van der Waals surface area contributed by atoms with Crippen LogP contribution >= 0.6 is 0 Å². The van der Waals surface area contributed by atoms with Gasteiger partial charge in [0.05, 0.1) is 17.9 Å². The molecule has 0 aliphatic carbocycles. The molecule has 0 radical (unpaired) electrons. The molecule has 0 heterocycles. The molecule has 1 amide bonds. The molecule has 0 saturated heterocycles. The van der Waals surface area contributed by atoms with Crippen molar-refractivity contribution in [2.24, 2.45) is 0 Å². The highest BCUT2D eigenvalue weighted by Crippen LogP contribution is 2.26. The van der Waals surface area contributed by atoms with Gasteiger partial charge in [-0.1, -0.05) is 12.1 Å². The van der Waals surface area contributed by atoms with Crippen LogP contribution < -0.4 is 16.0 Å². The molecule has 88 valence electrons. The Kier molecular flexibility index (Phi) is 4.17. The summed E-state index contributed by atoms with van der Waals surface area (Å²) >= 11 is 0. The fraction of sp³-hybridized carbons (Fsp3) is 0.417. The van der Waals surface area contributed by atoms with Gasteiger partial charge >= 0.3 is 0 Å². The van der Waals surface area contributed by atoms with E-state index in [1.54, 1.807) is 7.05 Å². The molecule has 1 aromatic rings. The molecule has 16 heavy (non-hydrogen) atoms. The smallest absolute Gasteiger partial charge is 0.239 e. The van der Waals surface area contributed by atoms with Gasteiger partial charge in [0.1, 0.15) is 0 Å². The summed E-state index contributed by atoms with van der Waals surface area (Å²) in [4.78, 5) is 13.4. The third-order valence-corrected chi connectivity index (χ3v) is 2.58. The molecule has 0 aliphatic heterocycles. The highest BCUT2D eigenvalue weighted by molar-refractivity contribution is 5.83. The van der Waals surface area contributed by atoms with E-state index in [1.807, 2.05) is 36.9 Å². The quantitative estimate of drug-likeness (QED) is 0.750. The highest BCUT2D eigenvalue weighted by atomic mass is 16.1. The first-order valence-electron chi connectivity index (χ1n) is 5.40. The Bertz CT molecular complexity index is 356. The summed E-state index contributed by atoms with van der Waals surface area (Å²) in [6, 6.07) is 5.77. The lowest BCUT2D eigenvalue weighted by Gasteiger charge is -2.25. The van der Waals surface area contributed by atoms with Crippen LogP contribution in [0.25, 0.3) is 0 Å². The predicted molar refractivity (Wildman–Crippen MR) is 67.5 cm³/mol. The molecular formula is C12H19N3O. The number of hydrogen-bond acceptors (Lipinski definition) is 3. The molecule has 0 spiro atoms. The monoisotopic (exact) mass is 221 g/mol. The number of likely N-dealkylation sites (N-methyl/N-ethyl adjacent to an activating group) is 2. The number of nitrogen functional groups attached to an aromatic ring is 1. The number of nitrogens with two attached hydrogens (primary N) is 1. The first-order valence-corrected chi connectivity index (χ1v) is 5.40. The van der Waals surface area contributed by atoms with Gasteiger partial charge in [-0.3, -0.25) is 4.79 Å². The number of benzene rings is 1. The van der Waals surface area contributed by atoms with E-state index < -0.39 is 0 Å². The van der Waals surface area contributed by atoms with Crippen molar-refractivity contribution in [3.8, 4) is 0 Å². The van der Waals surface area contributed by atoms with E-state index in [1.165, 1.54) is 0 Å². The number of hydrogen-bond donors (Lipinski definition) is 2. The molecule has 1 aromatic carbocycles. The van der Waals surface area contributed by atoms with Crippen LogP contribution in [0, 0.1) is 6.92 Å². The van der Waals surface area contributed by atoms with Gasteiger partial charge in [-0.25, -0.2) is 0 Å². The number of carbonyl (C=O) groups excluding carboxylic acids is 1. The van der Waals surface area contributed by atoms with Crippen molar-refractivity contribution in [2.45, 2.75) is 13.8 Å². The molecule has 0 aliphatic rings. The van der Waals surface area contributed by atoms with Crippen molar-refractivity contribution in [3.05, 3.63) is 23.8 Å². The van der Waals surface area contributed by atoms with Crippen molar-refractivity contribution in [1.29, 1.82) is 0 Å². The van der Waals surface area contributed by atoms with E-state index in [-0.39, 0.29) is 5.91 Å². The Balaban J connectivity index is 2.99. The summed E-state index contributed by atoms with van der Waals surface area (Å²) in [5.74, 6) is -0.00972. The summed E-state index contributed by atoms with van der Waals surface area (Å²) in [6.45, 7) is 5.09. The van der Waals surface area contributed by atoms with Crippen molar-refractivity contribution in [1.82, 2.24) is 5.32 Å². The lowest BCUT2D eigenvalue weighted by Crippen LogP contribution is -2.36. The van der Waals surface area contributed by atoms with Gasteiger partial charge < -0.3 is 16.0 Å². The summed E-state index contributed by atoms with van der Waals surface area (Å²) in [5, 5.41) is 2.62. The van der Waals surface area contributed by atoms with Gasteiger partial charge in [-0.2, -0.15) is 0 Å². The first kappa shape index (κ1) is 12.4. The standard InChI is InChI=1S/C12H19N3O/c1-4-15(8-11(16)14-3)12-9(2)6-5-7-10(12)13/h5-7H,4,8,13H2,1-3H3,(H,14,16). The Hall–Kier alpha value is -1.71. The van der Waals surface area contributed by atoms with Crippen molar-refractivity contribution < 1.29 is 4.79 Å². The minimum absolute atomic E-state index is 0.00972. The zero-order valence-corrected chi connectivity index (χ0v) is 10.1. The molecule has 0 fully saturated rings. The Labute approximate surface area is 96.4 Å². The minimum Gasteiger partial charge on any atom is -0.397 e. The SMILES string of the molecule is CCN(CC(=O)NC)c1c(C)cccc1N. The van der Waals surface area contributed by atoms with Crippen molar-refractivity contribution in [3.63, 3.8) is 0 Å². The normalized spacial score (nSPS) is 9.94. The molecule has 0 atom stereocenters. The van der Waals surface area contributed by atoms with Crippen LogP contribution in [0.15, 0.2) is 18.2 Å². The van der Waals surface area contributed by atoms with Crippen LogP contribution in [0.2, 0.25) is 0 Å². The van der Waals surface area contributed by atoms with Crippen LogP contribution in [-0.2, 0) is 4.79 Å². The zero-order chi connectivity index (χ0) is 12.1. The maximum atomic E-state index is 11.4. The van der Waals surface area contributed by atoms with Crippen LogP contribution in [0.1, 0.15) is 12.5 Å². The van der Waals surface area contributed by atoms with Crippen LogP contribution in [0.4, 0.5) is 11.4 Å². The van der Waals surface area contributed by atoms with Crippen molar-refractivity contribution in [2.75, 3.05) is 30.8 Å². The first-order chi connectivity index (χ1) is 7.60. The average molecular weight is 221 g/mol. The van der Waals surface area contributed by atoms with Crippen LogP contribution in [0.5, 0.6) is 0 Å². The lowest BCUT2D eigenvalue weighted by atomic mass is 10.1. The second kappa shape index (κ2) is 5.39. The molecule has 4 nitrogen and oxygen atoms in total. The van der Waals surface area contributed by atoms with E-state index in [4.69, 9.17) is 5.73 Å². The largest absolute Gasteiger partial charge is 0.397 e. The summed E-state index contributed by atoms with van der Waals surface area (Å²) in [6.07, 6.45) is 0. The Morgan fingerprint density at radius 1 is 1.50 bits per heavy atom. The Morgan fingerprint density at radius 2 is 2.19 bits per heavy atom. The van der Waals surface area contributed by atoms with Gasteiger partial charge in [0.2, 0.25) is 5.91 Å². The zero-order valence-electron chi connectivity index (χ0n) is 10.1. The minimum atomic E-state index is -0.00972. The maximum absolute atomic E-state index is 11.4. The van der Waals surface area contributed by atoms with Crippen LogP contribution in [0.3, 0.4) is 0 Å². The number of carbonyl (C=O) groups is 1. The third-order valence-electron chi connectivity index (χ3n) is 2.58. The van der Waals surface area contributed by atoms with E-state index in [0.29, 0.717) is 12.2 Å². The third kappa shape index (κ3) is 2.66. The Morgan fingerprint density at radius 3 is 2.69 bits per heavy atom. The molecule has 0 saturated carbocycles. The van der Waals surface area contributed by atoms with E-state index in [9.17, 15) is 4.79 Å². The molecule has 1 rings (SSSR count). The van der Waals surface area contributed by atoms with E-state index >= 15 is 0 Å². The van der Waals surface area contributed by atoms with E-state index in [2.05, 4.69) is 5.32 Å². The topological polar surface area (TPSA) is 58.4 Å². The molecule has 0 aromatic heterocycles. The van der Waals surface area contributed by atoms with Gasteiger partial charge in [0, 0.05) is 13.6 Å². The number of amides is 1. The van der Waals surface area contributed by atoms with Gasteiger partial charge in [0.25, 0.3) is 0 Å². The molecular weight excluding hydrogens is 202 g/mol. The second-order valence-electron chi connectivity index (χ2n) is 3.70. The number of rotatable bonds is 4. The number of nitrogens with one attached hydrogen (secondary N) is 1. The van der Waals surface area contributed by atoms with Crippen LogP contribution in [-0.4, -0.2) is 26.0 Å². The average Bonchev–Trinajstić information content (AvgIpc) is 2.27. The number of nitrogens with zero attached hydrogens (tertiary/aromatic N) is 1. The van der Waals surface area contributed by atoms with Gasteiger partial charge in [-0.05, 0) is 25.5 Å². The van der Waals surface area contributed by atoms with E-state index in [0.717, 1.165) is 17.8 Å². The fourth-order valence-electron chi connectivity index (χ4n) is 1.72. The predicted octanol–water partition coefficient (Wildman–Crippen LogP) is 1.15. The van der Waals surface area contributed by atoms with Gasteiger partial charge in [-0.15, -0.1) is 0 Å². The maximum Gasteiger partial charge on any atom is 0.239 e. The van der Waals surface area contributed by atoms with Gasteiger partial charge in [0.15, 0.2) is 0 Å². The number of aryl methyl sites for hydroxylation is 1. The summed E-state index contributed by atoms with van der Waals surface area (Å²) in [5.41, 5.74) is 8.70. The lowest BCUT2D eigenvalue weighted by molar-refractivity contribution is -0.119. The summed E-state index contributed by atoms with van der Waals surface area (Å²) in [7, 11) is 1.64. The highest BCUT2D eigenvalue weighted by Gasteiger charge is 2.13. The molecule has 0 bridgehead atoms. The second-order valence-corrected chi connectivity index (χ2v) is 3.70. The van der Waals surface area contributed by atoms with Crippen molar-refractivity contribution >= 4 is 17.3 Å². The fourth-order valence-corrected chi connectivity index (χ4v) is 1.72. The number of para-hydroxylation sites is 1. The molecule has 4 heteroatoms. The molecule has 3 N–H and O–H groups in total.